The molecule has 2 aliphatic rings. The molecule has 0 aliphatic heterocycles. The van der Waals surface area contributed by atoms with Gasteiger partial charge >= 0.3 is 8.80 Å². The molecule has 0 amide bonds. The lowest BCUT2D eigenvalue weighted by Gasteiger charge is -2.42. The summed E-state index contributed by atoms with van der Waals surface area (Å²) in [4.78, 5) is 0. The molecule has 0 saturated carbocycles. The van der Waals surface area contributed by atoms with Crippen molar-refractivity contribution in [1.82, 2.24) is 0 Å². The quantitative estimate of drug-likeness (QED) is 0.651. The standard InChI is InChI=1S/C24H29NO3Si/c1-26-29(27-2,28-3)17-16-24(25,22-14-12-18-8-4-6-10-20(18)22)23-15-13-19-9-5-7-11-21(19)23/h4-15,22-23H,16-17,25H2,1-3H3. The molecule has 0 heterocycles. The highest BCUT2D eigenvalue weighted by molar-refractivity contribution is 6.60. The van der Waals surface area contributed by atoms with E-state index < -0.39 is 14.3 Å². The molecule has 5 heteroatoms. The van der Waals surface area contributed by atoms with Crippen molar-refractivity contribution < 1.29 is 13.3 Å². The van der Waals surface area contributed by atoms with Gasteiger partial charge in [-0.15, -0.1) is 0 Å². The zero-order valence-electron chi connectivity index (χ0n) is 17.3. The predicted octanol–water partition coefficient (Wildman–Crippen LogP) is 4.57. The summed E-state index contributed by atoms with van der Waals surface area (Å²) >= 11 is 0. The van der Waals surface area contributed by atoms with Gasteiger partial charge in [0, 0.05) is 44.7 Å². The van der Waals surface area contributed by atoms with E-state index in [4.69, 9.17) is 19.0 Å². The monoisotopic (exact) mass is 407 g/mol. The number of fused-ring (bicyclic) bond motifs is 2. The molecule has 29 heavy (non-hydrogen) atoms. The van der Waals surface area contributed by atoms with Gasteiger partial charge in [-0.1, -0.05) is 72.8 Å². The first kappa shape index (κ1) is 20.3. The Kier molecular flexibility index (Phi) is 5.60. The topological polar surface area (TPSA) is 53.7 Å². The van der Waals surface area contributed by atoms with Crippen molar-refractivity contribution in [2.75, 3.05) is 21.3 Å². The Morgan fingerprint density at radius 1 is 0.793 bits per heavy atom. The second-order valence-corrected chi connectivity index (χ2v) is 10.9. The summed E-state index contributed by atoms with van der Waals surface area (Å²) in [5.74, 6) is 0.216. The Labute approximate surface area is 174 Å². The number of nitrogens with two attached hydrogens (primary N) is 1. The molecule has 4 nitrogen and oxygen atoms in total. The largest absolute Gasteiger partial charge is 0.500 e. The van der Waals surface area contributed by atoms with Crippen LogP contribution < -0.4 is 5.73 Å². The molecule has 0 radical (unpaired) electrons. The van der Waals surface area contributed by atoms with E-state index in [1.807, 2.05) is 0 Å². The number of rotatable bonds is 8. The maximum atomic E-state index is 7.36. The molecule has 0 bridgehead atoms. The van der Waals surface area contributed by atoms with Gasteiger partial charge < -0.3 is 19.0 Å². The van der Waals surface area contributed by atoms with Crippen molar-refractivity contribution in [3.63, 3.8) is 0 Å². The Morgan fingerprint density at radius 3 is 1.69 bits per heavy atom. The van der Waals surface area contributed by atoms with Crippen LogP contribution in [-0.2, 0) is 13.3 Å². The van der Waals surface area contributed by atoms with E-state index >= 15 is 0 Å². The first-order valence-electron chi connectivity index (χ1n) is 10.1. The fraction of sp³-hybridized carbons (Fsp3) is 0.333. The van der Waals surface area contributed by atoms with Crippen molar-refractivity contribution in [2.45, 2.75) is 29.8 Å². The summed E-state index contributed by atoms with van der Waals surface area (Å²) in [5.41, 5.74) is 11.9. The van der Waals surface area contributed by atoms with Crippen LogP contribution in [0.4, 0.5) is 0 Å². The van der Waals surface area contributed by atoms with E-state index in [1.54, 1.807) is 21.3 Å². The van der Waals surface area contributed by atoms with Gasteiger partial charge in [0.1, 0.15) is 0 Å². The molecule has 2 aliphatic carbocycles. The highest BCUT2D eigenvalue weighted by Gasteiger charge is 2.48. The van der Waals surface area contributed by atoms with Gasteiger partial charge in [0.2, 0.25) is 0 Å². The van der Waals surface area contributed by atoms with E-state index in [2.05, 4.69) is 72.8 Å². The van der Waals surface area contributed by atoms with E-state index in [9.17, 15) is 0 Å². The molecule has 2 N–H and O–H groups in total. The second-order valence-electron chi connectivity index (χ2n) is 7.84. The highest BCUT2D eigenvalue weighted by atomic mass is 28.4. The first-order valence-corrected chi connectivity index (χ1v) is 12.0. The summed E-state index contributed by atoms with van der Waals surface area (Å²) < 4.78 is 17.1. The second kappa shape index (κ2) is 8.01. The molecule has 0 spiro atoms. The van der Waals surface area contributed by atoms with Gasteiger partial charge in [0.15, 0.2) is 0 Å². The van der Waals surface area contributed by atoms with E-state index in [-0.39, 0.29) is 11.8 Å². The molecule has 152 valence electrons. The Morgan fingerprint density at radius 2 is 1.24 bits per heavy atom. The summed E-state index contributed by atoms with van der Waals surface area (Å²) in [5, 5.41) is 0. The van der Waals surface area contributed by atoms with Crippen LogP contribution in [0, 0.1) is 0 Å². The van der Waals surface area contributed by atoms with Gasteiger partial charge in [-0.3, -0.25) is 0 Å². The summed E-state index contributed by atoms with van der Waals surface area (Å²) in [6, 6.07) is 17.7. The van der Waals surface area contributed by atoms with Crippen molar-refractivity contribution in [1.29, 1.82) is 0 Å². The normalized spacial score (nSPS) is 21.8. The summed E-state index contributed by atoms with van der Waals surface area (Å²) in [7, 11) is 2.24. The molecular formula is C24H29NO3Si. The molecule has 2 aromatic carbocycles. The number of hydrogen-bond acceptors (Lipinski definition) is 4. The van der Waals surface area contributed by atoms with Gasteiger partial charge in [-0.25, -0.2) is 0 Å². The Balaban J connectivity index is 1.75. The number of benzene rings is 2. The van der Waals surface area contributed by atoms with Crippen LogP contribution in [0.1, 0.15) is 40.5 Å². The Hall–Kier alpha value is -2.02. The molecule has 4 rings (SSSR count). The lowest BCUT2D eigenvalue weighted by molar-refractivity contribution is 0.119. The van der Waals surface area contributed by atoms with Crippen LogP contribution in [0.3, 0.4) is 0 Å². The van der Waals surface area contributed by atoms with Crippen LogP contribution in [0.5, 0.6) is 0 Å². The van der Waals surface area contributed by atoms with Gasteiger partial charge in [0.25, 0.3) is 0 Å². The fourth-order valence-corrected chi connectivity index (χ4v) is 6.72. The van der Waals surface area contributed by atoms with Crippen LogP contribution >= 0.6 is 0 Å². The lowest BCUT2D eigenvalue weighted by Crippen LogP contribution is -2.52. The minimum absolute atomic E-state index is 0.108. The first-order chi connectivity index (χ1) is 14.1. The van der Waals surface area contributed by atoms with E-state index in [0.717, 1.165) is 6.42 Å². The van der Waals surface area contributed by atoms with Gasteiger partial charge in [-0.2, -0.15) is 0 Å². The van der Waals surface area contributed by atoms with Crippen molar-refractivity contribution >= 4 is 21.0 Å². The van der Waals surface area contributed by atoms with Crippen LogP contribution in [0.25, 0.3) is 12.2 Å². The molecule has 0 fully saturated rings. The van der Waals surface area contributed by atoms with E-state index in [0.29, 0.717) is 6.04 Å². The molecular weight excluding hydrogens is 378 g/mol. The highest BCUT2D eigenvalue weighted by Crippen LogP contribution is 2.49. The zero-order chi connectivity index (χ0) is 20.5. The van der Waals surface area contributed by atoms with Crippen LogP contribution in [0.15, 0.2) is 60.7 Å². The van der Waals surface area contributed by atoms with Gasteiger partial charge in [-0.05, 0) is 28.7 Å². The van der Waals surface area contributed by atoms with Gasteiger partial charge in [0.05, 0.1) is 0 Å². The maximum Gasteiger partial charge on any atom is 0.500 e. The number of hydrogen-bond donors (Lipinski definition) is 1. The maximum absolute atomic E-state index is 7.36. The van der Waals surface area contributed by atoms with Crippen molar-refractivity contribution in [3.05, 3.63) is 82.9 Å². The van der Waals surface area contributed by atoms with Crippen molar-refractivity contribution in [2.24, 2.45) is 5.73 Å². The average molecular weight is 408 g/mol. The molecule has 2 unspecified atom stereocenters. The average Bonchev–Trinajstić information content (AvgIpc) is 3.40. The molecule has 2 atom stereocenters. The van der Waals surface area contributed by atoms with E-state index in [1.165, 1.54) is 22.3 Å². The Bertz CT molecular complexity index is 865. The SMILES string of the molecule is CO[Si](CCC(N)(C1C=Cc2ccccc21)C1C=Cc2ccccc21)(OC)OC. The predicted molar refractivity (Wildman–Crippen MR) is 120 cm³/mol. The smallest absolute Gasteiger partial charge is 0.377 e. The van der Waals surface area contributed by atoms with Crippen molar-refractivity contribution in [3.8, 4) is 0 Å². The van der Waals surface area contributed by atoms with Crippen LogP contribution in [-0.4, -0.2) is 35.7 Å². The summed E-state index contributed by atoms with van der Waals surface area (Å²) in [6.07, 6.45) is 9.63. The third-order valence-corrected chi connectivity index (χ3v) is 9.28. The lowest BCUT2D eigenvalue weighted by atomic mass is 9.69. The third kappa shape index (κ3) is 3.43. The summed E-state index contributed by atoms with van der Waals surface area (Å²) in [6.45, 7) is 0. The van der Waals surface area contributed by atoms with Crippen LogP contribution in [0.2, 0.25) is 6.04 Å². The molecule has 2 aromatic rings. The zero-order valence-corrected chi connectivity index (χ0v) is 18.3. The fourth-order valence-electron chi connectivity index (χ4n) is 4.87. The third-order valence-electron chi connectivity index (χ3n) is 6.55. The minimum atomic E-state index is -2.74. The minimum Gasteiger partial charge on any atom is -0.377 e. The molecule has 0 saturated heterocycles. The molecule has 0 aromatic heterocycles.